The lowest BCUT2D eigenvalue weighted by atomic mass is 10.3. The average Bonchev–Trinajstić information content (AvgIpc) is 2.77. The van der Waals surface area contributed by atoms with Crippen LogP contribution >= 0.6 is 11.8 Å². The van der Waals surface area contributed by atoms with Crippen molar-refractivity contribution in [2.45, 2.75) is 18.7 Å². The van der Waals surface area contributed by atoms with Gasteiger partial charge in [-0.25, -0.2) is 4.98 Å². The zero-order valence-electron chi connectivity index (χ0n) is 9.68. The van der Waals surface area contributed by atoms with Crippen molar-refractivity contribution in [3.63, 3.8) is 0 Å². The van der Waals surface area contributed by atoms with Gasteiger partial charge in [-0.1, -0.05) is 13.0 Å². The Labute approximate surface area is 100 Å². The lowest BCUT2D eigenvalue weighted by Crippen LogP contribution is -2.23. The first-order valence-electron chi connectivity index (χ1n) is 5.45. The maximum Gasteiger partial charge on any atom is 0.136 e. The number of imidazole rings is 1. The summed E-state index contributed by atoms with van der Waals surface area (Å²) in [4.78, 5) is 4.27. The van der Waals surface area contributed by atoms with Crippen molar-refractivity contribution in [3.8, 4) is 0 Å². The second-order valence-electron chi connectivity index (χ2n) is 3.85. The highest BCUT2D eigenvalue weighted by Gasteiger charge is 2.01. The zero-order chi connectivity index (χ0) is 11.4. The molecule has 1 N–H and O–H groups in total. The quantitative estimate of drug-likeness (QED) is 0.861. The monoisotopic (exact) mass is 235 g/mol. The third-order valence-corrected chi connectivity index (χ3v) is 3.62. The van der Waals surface area contributed by atoms with Gasteiger partial charge in [0.25, 0.3) is 0 Å². The second kappa shape index (κ2) is 5.37. The van der Waals surface area contributed by atoms with Crippen LogP contribution in [0.5, 0.6) is 0 Å². The summed E-state index contributed by atoms with van der Waals surface area (Å²) in [7, 11) is 0. The molecule has 0 amide bonds. The normalized spacial score (nSPS) is 13.1. The highest BCUT2D eigenvalue weighted by molar-refractivity contribution is 7.99. The molecule has 86 valence electrons. The first kappa shape index (κ1) is 11.5. The van der Waals surface area contributed by atoms with E-state index in [0.29, 0.717) is 5.25 Å². The molecule has 0 saturated carbocycles. The van der Waals surface area contributed by atoms with Gasteiger partial charge in [0, 0.05) is 36.4 Å². The van der Waals surface area contributed by atoms with Gasteiger partial charge in [0.1, 0.15) is 5.65 Å². The molecule has 0 saturated heterocycles. The van der Waals surface area contributed by atoms with E-state index in [1.807, 2.05) is 30.2 Å². The SMILES string of the molecule is CSC(C)CNCc1cccc2nccn12. The molecule has 0 fully saturated rings. The van der Waals surface area contributed by atoms with Crippen LogP contribution in [-0.2, 0) is 6.54 Å². The number of pyridine rings is 1. The van der Waals surface area contributed by atoms with E-state index in [9.17, 15) is 0 Å². The third kappa shape index (κ3) is 2.57. The molecule has 2 aromatic heterocycles. The van der Waals surface area contributed by atoms with Crippen LogP contribution in [0.3, 0.4) is 0 Å². The van der Waals surface area contributed by atoms with Crippen molar-refractivity contribution in [2.75, 3.05) is 12.8 Å². The van der Waals surface area contributed by atoms with Crippen LogP contribution in [0.2, 0.25) is 0 Å². The van der Waals surface area contributed by atoms with E-state index >= 15 is 0 Å². The Kier molecular flexibility index (Phi) is 3.85. The van der Waals surface area contributed by atoms with E-state index < -0.39 is 0 Å². The smallest absolute Gasteiger partial charge is 0.136 e. The number of aromatic nitrogens is 2. The van der Waals surface area contributed by atoms with Crippen LogP contribution in [0.4, 0.5) is 0 Å². The van der Waals surface area contributed by atoms with E-state index in [1.54, 1.807) is 0 Å². The van der Waals surface area contributed by atoms with Crippen molar-refractivity contribution >= 4 is 17.4 Å². The molecule has 2 heterocycles. The number of nitrogens with zero attached hydrogens (tertiary/aromatic N) is 2. The van der Waals surface area contributed by atoms with E-state index in [0.717, 1.165) is 18.7 Å². The van der Waals surface area contributed by atoms with Crippen LogP contribution in [0, 0.1) is 0 Å². The molecular formula is C12H17N3S. The zero-order valence-corrected chi connectivity index (χ0v) is 10.5. The molecule has 0 aliphatic carbocycles. The molecule has 4 heteroatoms. The lowest BCUT2D eigenvalue weighted by molar-refractivity contribution is 0.667. The molecule has 3 nitrogen and oxygen atoms in total. The number of thioether (sulfide) groups is 1. The summed E-state index contributed by atoms with van der Waals surface area (Å²) < 4.78 is 2.12. The largest absolute Gasteiger partial charge is 0.310 e. The van der Waals surface area contributed by atoms with Crippen molar-refractivity contribution in [3.05, 3.63) is 36.3 Å². The molecule has 2 aromatic rings. The fraction of sp³-hybridized carbons (Fsp3) is 0.417. The highest BCUT2D eigenvalue weighted by atomic mass is 32.2. The van der Waals surface area contributed by atoms with Crippen molar-refractivity contribution in [2.24, 2.45) is 0 Å². The molecule has 2 rings (SSSR count). The molecule has 16 heavy (non-hydrogen) atoms. The number of nitrogens with one attached hydrogen (secondary N) is 1. The van der Waals surface area contributed by atoms with Crippen molar-refractivity contribution < 1.29 is 0 Å². The van der Waals surface area contributed by atoms with Crippen LogP contribution in [0.15, 0.2) is 30.6 Å². The molecule has 0 bridgehead atoms. The van der Waals surface area contributed by atoms with Gasteiger partial charge >= 0.3 is 0 Å². The fourth-order valence-electron chi connectivity index (χ4n) is 1.64. The average molecular weight is 235 g/mol. The van der Waals surface area contributed by atoms with E-state index in [2.05, 4.69) is 40.0 Å². The molecule has 1 atom stereocenters. The number of rotatable bonds is 5. The first-order chi connectivity index (χ1) is 7.81. The summed E-state index contributed by atoms with van der Waals surface area (Å²) in [5.74, 6) is 0. The standard InChI is InChI=1S/C12H17N3S/c1-10(16-2)8-13-9-11-4-3-5-12-14-6-7-15(11)12/h3-7,10,13H,8-9H2,1-2H3. The predicted molar refractivity (Wildman–Crippen MR) is 69.9 cm³/mol. The van der Waals surface area contributed by atoms with Crippen molar-refractivity contribution in [1.29, 1.82) is 0 Å². The molecule has 0 radical (unpaired) electrons. The Morgan fingerprint density at radius 3 is 3.19 bits per heavy atom. The Morgan fingerprint density at radius 1 is 1.50 bits per heavy atom. The summed E-state index contributed by atoms with van der Waals surface area (Å²) in [6, 6.07) is 6.21. The maximum atomic E-state index is 4.27. The third-order valence-electron chi connectivity index (χ3n) is 2.65. The van der Waals surface area contributed by atoms with Crippen molar-refractivity contribution in [1.82, 2.24) is 14.7 Å². The summed E-state index contributed by atoms with van der Waals surface area (Å²) in [6.07, 6.45) is 5.98. The van der Waals surface area contributed by atoms with Gasteiger partial charge in [-0.15, -0.1) is 0 Å². The fourth-order valence-corrected chi connectivity index (χ4v) is 1.92. The number of hydrogen-bond donors (Lipinski definition) is 1. The van der Waals surface area contributed by atoms with E-state index in [1.165, 1.54) is 5.69 Å². The van der Waals surface area contributed by atoms with E-state index in [-0.39, 0.29) is 0 Å². The molecular weight excluding hydrogens is 218 g/mol. The molecule has 0 aromatic carbocycles. The summed E-state index contributed by atoms with van der Waals surface area (Å²) in [5, 5.41) is 4.12. The van der Waals surface area contributed by atoms with E-state index in [4.69, 9.17) is 0 Å². The van der Waals surface area contributed by atoms with Crippen LogP contribution < -0.4 is 5.32 Å². The number of fused-ring (bicyclic) bond motifs is 1. The first-order valence-corrected chi connectivity index (χ1v) is 6.74. The van der Waals surface area contributed by atoms with Gasteiger partial charge < -0.3 is 9.72 Å². The van der Waals surface area contributed by atoms with Gasteiger partial charge in [-0.3, -0.25) is 0 Å². The summed E-state index contributed by atoms with van der Waals surface area (Å²) >= 11 is 1.88. The second-order valence-corrected chi connectivity index (χ2v) is 5.13. The minimum atomic E-state index is 0.655. The Bertz CT molecular complexity index is 452. The molecule has 0 spiro atoms. The topological polar surface area (TPSA) is 29.3 Å². The Hall–Kier alpha value is -1.00. The van der Waals surface area contributed by atoms with Crippen LogP contribution in [0.1, 0.15) is 12.6 Å². The number of hydrogen-bond acceptors (Lipinski definition) is 3. The minimum absolute atomic E-state index is 0.655. The summed E-state index contributed by atoms with van der Waals surface area (Å²) in [5.41, 5.74) is 2.26. The maximum absolute atomic E-state index is 4.27. The minimum Gasteiger partial charge on any atom is -0.310 e. The van der Waals surface area contributed by atoms with Gasteiger partial charge in [0.2, 0.25) is 0 Å². The Morgan fingerprint density at radius 2 is 2.38 bits per heavy atom. The predicted octanol–water partition coefficient (Wildman–Crippen LogP) is 2.18. The summed E-state index contributed by atoms with van der Waals surface area (Å²) in [6.45, 7) is 4.15. The van der Waals surface area contributed by atoms with Gasteiger partial charge in [0.05, 0.1) is 0 Å². The highest BCUT2D eigenvalue weighted by Crippen LogP contribution is 2.06. The lowest BCUT2D eigenvalue weighted by Gasteiger charge is -2.10. The van der Waals surface area contributed by atoms with Gasteiger partial charge in [0.15, 0.2) is 0 Å². The van der Waals surface area contributed by atoms with Crippen LogP contribution in [-0.4, -0.2) is 27.4 Å². The molecule has 0 aliphatic heterocycles. The van der Waals surface area contributed by atoms with Crippen LogP contribution in [0.25, 0.3) is 5.65 Å². The van der Waals surface area contributed by atoms with Gasteiger partial charge in [-0.2, -0.15) is 11.8 Å². The Balaban J connectivity index is 2.01. The molecule has 1 unspecified atom stereocenters. The van der Waals surface area contributed by atoms with Gasteiger partial charge in [-0.05, 0) is 18.4 Å². The molecule has 0 aliphatic rings.